The smallest absolute Gasteiger partial charge is 0.124 e. The Hall–Kier alpha value is -1.03. The molecule has 0 aliphatic carbocycles. The van der Waals surface area contributed by atoms with Crippen LogP contribution in [0.15, 0.2) is 30.5 Å². The molecule has 2 aromatic rings. The molecule has 2 rings (SSSR count). The number of hydrogen-bond acceptors (Lipinski definition) is 2. The van der Waals surface area contributed by atoms with E-state index in [1.54, 1.807) is 35.1 Å². The van der Waals surface area contributed by atoms with E-state index in [2.05, 4.69) is 5.10 Å². The summed E-state index contributed by atoms with van der Waals surface area (Å²) in [6, 6.07) is 6.92. The first-order chi connectivity index (χ1) is 8.15. The quantitative estimate of drug-likeness (QED) is 0.930. The molecule has 1 aromatic carbocycles. The van der Waals surface area contributed by atoms with Gasteiger partial charge in [0.1, 0.15) is 6.10 Å². The van der Waals surface area contributed by atoms with Crippen LogP contribution in [0.1, 0.15) is 24.3 Å². The van der Waals surface area contributed by atoms with Crippen LogP contribution in [0.5, 0.6) is 0 Å². The highest BCUT2D eigenvalue weighted by molar-refractivity contribution is 6.36. The van der Waals surface area contributed by atoms with Crippen molar-refractivity contribution in [3.05, 3.63) is 51.8 Å². The van der Waals surface area contributed by atoms with Gasteiger partial charge in [0.25, 0.3) is 0 Å². The molecule has 17 heavy (non-hydrogen) atoms. The van der Waals surface area contributed by atoms with Gasteiger partial charge in [0.2, 0.25) is 0 Å². The van der Waals surface area contributed by atoms with Crippen LogP contribution in [0.25, 0.3) is 0 Å². The Kier molecular flexibility index (Phi) is 3.72. The zero-order chi connectivity index (χ0) is 12.4. The third-order valence-corrected chi connectivity index (χ3v) is 3.26. The second-order valence-corrected chi connectivity index (χ2v) is 4.42. The number of halogens is 2. The molecule has 90 valence electrons. The van der Waals surface area contributed by atoms with Gasteiger partial charge in [-0.25, -0.2) is 0 Å². The van der Waals surface area contributed by atoms with Gasteiger partial charge in [0.05, 0.1) is 5.69 Å². The van der Waals surface area contributed by atoms with Crippen LogP contribution in [-0.2, 0) is 6.54 Å². The average Bonchev–Trinajstić information content (AvgIpc) is 2.76. The van der Waals surface area contributed by atoms with Gasteiger partial charge in [-0.15, -0.1) is 0 Å². The second kappa shape index (κ2) is 5.08. The van der Waals surface area contributed by atoms with Crippen LogP contribution >= 0.6 is 23.2 Å². The van der Waals surface area contributed by atoms with E-state index in [0.717, 1.165) is 0 Å². The fourth-order valence-electron chi connectivity index (χ4n) is 1.76. The normalized spacial score (nSPS) is 12.7. The monoisotopic (exact) mass is 270 g/mol. The predicted molar refractivity (Wildman–Crippen MR) is 68.4 cm³/mol. The minimum Gasteiger partial charge on any atom is -0.382 e. The number of aryl methyl sites for hydroxylation is 1. The van der Waals surface area contributed by atoms with Crippen LogP contribution in [0.2, 0.25) is 10.0 Å². The third kappa shape index (κ3) is 2.32. The molecule has 0 spiro atoms. The lowest BCUT2D eigenvalue weighted by Crippen LogP contribution is -2.09. The number of nitrogens with zero attached hydrogens (tertiary/aromatic N) is 2. The fourth-order valence-corrected chi connectivity index (χ4v) is 2.36. The summed E-state index contributed by atoms with van der Waals surface area (Å²) in [6.07, 6.45) is 0.783. The highest BCUT2D eigenvalue weighted by atomic mass is 35.5. The number of hydrogen-bond donors (Lipinski definition) is 1. The summed E-state index contributed by atoms with van der Waals surface area (Å²) in [6.45, 7) is 2.64. The molecular formula is C12H12Cl2N2O. The largest absolute Gasteiger partial charge is 0.382 e. The van der Waals surface area contributed by atoms with E-state index in [-0.39, 0.29) is 0 Å². The number of rotatable bonds is 3. The molecule has 1 atom stereocenters. The maximum atomic E-state index is 10.3. The Morgan fingerprint density at radius 2 is 1.94 bits per heavy atom. The van der Waals surface area contributed by atoms with Gasteiger partial charge in [0, 0.05) is 28.4 Å². The summed E-state index contributed by atoms with van der Waals surface area (Å²) in [5.74, 6) is 0. The maximum Gasteiger partial charge on any atom is 0.124 e. The van der Waals surface area contributed by atoms with E-state index in [1.807, 2.05) is 6.92 Å². The number of aliphatic hydroxyl groups excluding tert-OH is 1. The molecule has 1 unspecified atom stereocenters. The summed E-state index contributed by atoms with van der Waals surface area (Å²) in [7, 11) is 0. The van der Waals surface area contributed by atoms with E-state index in [0.29, 0.717) is 27.8 Å². The number of benzene rings is 1. The third-order valence-electron chi connectivity index (χ3n) is 2.60. The van der Waals surface area contributed by atoms with Crippen LogP contribution in [0.3, 0.4) is 0 Å². The van der Waals surface area contributed by atoms with E-state index >= 15 is 0 Å². The van der Waals surface area contributed by atoms with Crippen molar-refractivity contribution in [1.82, 2.24) is 9.78 Å². The minimum atomic E-state index is -0.862. The lowest BCUT2D eigenvalue weighted by atomic mass is 10.1. The first-order valence-electron chi connectivity index (χ1n) is 5.28. The zero-order valence-corrected chi connectivity index (χ0v) is 10.8. The lowest BCUT2D eigenvalue weighted by molar-refractivity contribution is 0.208. The Bertz CT molecular complexity index is 505. The Balaban J connectivity index is 2.47. The van der Waals surface area contributed by atoms with Gasteiger partial charge in [-0.2, -0.15) is 5.10 Å². The molecule has 0 aliphatic rings. The van der Waals surface area contributed by atoms with Crippen LogP contribution in [-0.4, -0.2) is 14.9 Å². The number of aliphatic hydroxyl groups is 1. The molecule has 0 fully saturated rings. The van der Waals surface area contributed by atoms with Crippen LogP contribution < -0.4 is 0 Å². The van der Waals surface area contributed by atoms with Crippen LogP contribution in [0, 0.1) is 0 Å². The molecule has 1 aromatic heterocycles. The van der Waals surface area contributed by atoms with Crippen molar-refractivity contribution < 1.29 is 5.11 Å². The zero-order valence-electron chi connectivity index (χ0n) is 9.27. The summed E-state index contributed by atoms with van der Waals surface area (Å²) in [4.78, 5) is 0. The van der Waals surface area contributed by atoms with Gasteiger partial charge in [-0.3, -0.25) is 4.68 Å². The summed E-state index contributed by atoms with van der Waals surface area (Å²) in [5, 5.41) is 15.3. The highest BCUT2D eigenvalue weighted by Gasteiger charge is 2.20. The van der Waals surface area contributed by atoms with E-state index in [9.17, 15) is 5.11 Å². The van der Waals surface area contributed by atoms with Gasteiger partial charge < -0.3 is 5.11 Å². The molecule has 3 nitrogen and oxygen atoms in total. The highest BCUT2D eigenvalue weighted by Crippen LogP contribution is 2.33. The van der Waals surface area contributed by atoms with Gasteiger partial charge in [-0.05, 0) is 25.1 Å². The van der Waals surface area contributed by atoms with Crippen molar-refractivity contribution in [2.75, 3.05) is 0 Å². The van der Waals surface area contributed by atoms with E-state index in [4.69, 9.17) is 23.2 Å². The molecule has 0 saturated heterocycles. The van der Waals surface area contributed by atoms with E-state index in [1.165, 1.54) is 0 Å². The molecule has 0 aliphatic heterocycles. The van der Waals surface area contributed by atoms with Gasteiger partial charge in [-0.1, -0.05) is 29.3 Å². The molecule has 0 saturated carbocycles. The standard InChI is InChI=1S/C12H12Cl2N2O/c1-2-16-10(6-7-15-16)12(17)11-8(13)4-3-5-9(11)14/h3-7,12,17H,2H2,1H3. The SMILES string of the molecule is CCn1nccc1C(O)c1c(Cl)cccc1Cl. The van der Waals surface area contributed by atoms with Crippen LogP contribution in [0.4, 0.5) is 0 Å². The van der Waals surface area contributed by atoms with Crippen molar-refractivity contribution in [2.45, 2.75) is 19.6 Å². The van der Waals surface area contributed by atoms with Crippen molar-refractivity contribution in [3.63, 3.8) is 0 Å². The molecule has 0 radical (unpaired) electrons. The second-order valence-electron chi connectivity index (χ2n) is 3.61. The van der Waals surface area contributed by atoms with E-state index < -0.39 is 6.10 Å². The van der Waals surface area contributed by atoms with Crippen molar-refractivity contribution in [3.8, 4) is 0 Å². The Morgan fingerprint density at radius 1 is 1.29 bits per heavy atom. The predicted octanol–water partition coefficient (Wildman–Crippen LogP) is 3.29. The lowest BCUT2D eigenvalue weighted by Gasteiger charge is -2.15. The molecule has 1 N–H and O–H groups in total. The van der Waals surface area contributed by atoms with Crippen molar-refractivity contribution in [2.24, 2.45) is 0 Å². The average molecular weight is 271 g/mol. The number of aromatic nitrogens is 2. The first kappa shape index (κ1) is 12.4. The van der Waals surface area contributed by atoms with Gasteiger partial charge in [0.15, 0.2) is 0 Å². The van der Waals surface area contributed by atoms with Crippen molar-refractivity contribution >= 4 is 23.2 Å². The Morgan fingerprint density at radius 3 is 2.53 bits per heavy atom. The molecule has 0 amide bonds. The summed E-state index contributed by atoms with van der Waals surface area (Å²) < 4.78 is 1.71. The summed E-state index contributed by atoms with van der Waals surface area (Å²) in [5.41, 5.74) is 1.20. The molecule has 5 heteroatoms. The Labute approximate surface area is 110 Å². The minimum absolute atomic E-state index is 0.453. The fraction of sp³-hybridized carbons (Fsp3) is 0.250. The first-order valence-corrected chi connectivity index (χ1v) is 6.04. The molecular weight excluding hydrogens is 259 g/mol. The van der Waals surface area contributed by atoms with Crippen molar-refractivity contribution in [1.29, 1.82) is 0 Å². The summed E-state index contributed by atoms with van der Waals surface area (Å²) >= 11 is 12.1. The molecule has 0 bridgehead atoms. The topological polar surface area (TPSA) is 38.0 Å². The van der Waals surface area contributed by atoms with Gasteiger partial charge >= 0.3 is 0 Å². The molecule has 1 heterocycles. The maximum absolute atomic E-state index is 10.3.